The first-order valence-corrected chi connectivity index (χ1v) is 5.68. The second-order valence-corrected chi connectivity index (χ2v) is 3.88. The molecule has 3 aromatic rings. The molecule has 5 heteroatoms. The van der Waals surface area contributed by atoms with Gasteiger partial charge in [-0.3, -0.25) is 4.98 Å². The van der Waals surface area contributed by atoms with E-state index in [1.807, 2.05) is 12.1 Å². The Kier molecular flexibility index (Phi) is 2.72. The summed E-state index contributed by atoms with van der Waals surface area (Å²) < 4.78 is 10.2. The summed E-state index contributed by atoms with van der Waals surface area (Å²) >= 11 is 0. The zero-order valence-electron chi connectivity index (χ0n) is 10.2. The highest BCUT2D eigenvalue weighted by molar-refractivity contribution is 6.07. The van der Waals surface area contributed by atoms with Crippen molar-refractivity contribution in [2.75, 3.05) is 7.11 Å². The van der Waals surface area contributed by atoms with Crippen LogP contribution in [0.2, 0.25) is 0 Å². The van der Waals surface area contributed by atoms with Crippen molar-refractivity contribution >= 4 is 34.1 Å². The number of methoxy groups -OCH3 is 1. The van der Waals surface area contributed by atoms with Crippen LogP contribution in [0.4, 0.5) is 0 Å². The van der Waals surface area contributed by atoms with E-state index < -0.39 is 5.97 Å². The maximum absolute atomic E-state index is 11.2. The first kappa shape index (κ1) is 11.4. The number of nitrogens with zero attached hydrogens (tertiary/aromatic N) is 2. The summed E-state index contributed by atoms with van der Waals surface area (Å²) in [6, 6.07) is 5.51. The fourth-order valence-electron chi connectivity index (χ4n) is 1.92. The molecule has 3 aromatic heterocycles. The number of carbonyl (C=O) groups is 1. The predicted octanol–water partition coefficient (Wildman–Crippen LogP) is 2.56. The van der Waals surface area contributed by atoms with Crippen LogP contribution >= 0.6 is 0 Å². The van der Waals surface area contributed by atoms with Crippen molar-refractivity contribution in [1.82, 2.24) is 9.97 Å². The Morgan fingerprint density at radius 1 is 1.32 bits per heavy atom. The lowest BCUT2D eigenvalue weighted by Crippen LogP contribution is -1.93. The van der Waals surface area contributed by atoms with Crippen LogP contribution in [0, 0.1) is 0 Å². The van der Waals surface area contributed by atoms with Crippen molar-refractivity contribution in [3.8, 4) is 0 Å². The molecule has 19 heavy (non-hydrogen) atoms. The monoisotopic (exact) mass is 254 g/mol. The van der Waals surface area contributed by atoms with Crippen molar-refractivity contribution in [2.45, 2.75) is 0 Å². The molecule has 0 fully saturated rings. The maximum atomic E-state index is 11.2. The Labute approximate surface area is 108 Å². The molecule has 0 aliphatic rings. The molecule has 0 aliphatic carbocycles. The van der Waals surface area contributed by atoms with Gasteiger partial charge in [-0.05, 0) is 24.3 Å². The van der Waals surface area contributed by atoms with E-state index in [-0.39, 0.29) is 0 Å². The van der Waals surface area contributed by atoms with Crippen molar-refractivity contribution in [3.63, 3.8) is 0 Å². The predicted molar refractivity (Wildman–Crippen MR) is 70.4 cm³/mol. The normalized spacial score (nSPS) is 11.4. The van der Waals surface area contributed by atoms with Gasteiger partial charge in [0.1, 0.15) is 5.58 Å². The first-order valence-electron chi connectivity index (χ1n) is 5.68. The van der Waals surface area contributed by atoms with Crippen LogP contribution in [-0.4, -0.2) is 23.0 Å². The van der Waals surface area contributed by atoms with Gasteiger partial charge in [0.15, 0.2) is 0 Å². The minimum absolute atomic E-state index is 0.426. The minimum atomic E-state index is -0.426. The summed E-state index contributed by atoms with van der Waals surface area (Å²) in [7, 11) is 1.33. The molecule has 0 atom stereocenters. The van der Waals surface area contributed by atoms with Crippen LogP contribution in [0.25, 0.3) is 28.1 Å². The number of rotatable bonds is 2. The Bertz CT molecular complexity index is 790. The third-order valence-corrected chi connectivity index (χ3v) is 2.77. The number of fused-ring (bicyclic) bond motifs is 3. The van der Waals surface area contributed by atoms with Gasteiger partial charge in [0.25, 0.3) is 0 Å². The van der Waals surface area contributed by atoms with Crippen molar-refractivity contribution < 1.29 is 13.9 Å². The quantitative estimate of drug-likeness (QED) is 0.519. The number of esters is 1. The molecule has 0 amide bonds. The van der Waals surface area contributed by atoms with Gasteiger partial charge < -0.3 is 9.15 Å². The molecule has 0 saturated heterocycles. The molecule has 0 unspecified atom stereocenters. The van der Waals surface area contributed by atoms with E-state index in [0.717, 1.165) is 10.8 Å². The van der Waals surface area contributed by atoms with Crippen LogP contribution < -0.4 is 0 Å². The average Bonchev–Trinajstić information content (AvgIpc) is 2.83. The molecule has 0 saturated carbocycles. The number of carbonyl (C=O) groups excluding carboxylic acids is 1. The number of aromatic nitrogens is 2. The summed E-state index contributed by atoms with van der Waals surface area (Å²) in [6.45, 7) is 0. The molecule has 0 N–H and O–H groups in total. The van der Waals surface area contributed by atoms with E-state index in [9.17, 15) is 4.79 Å². The summed E-state index contributed by atoms with van der Waals surface area (Å²) in [4.78, 5) is 19.6. The number of ether oxygens (including phenoxy) is 1. The summed E-state index contributed by atoms with van der Waals surface area (Å²) in [5.41, 5.74) is 1.89. The van der Waals surface area contributed by atoms with E-state index >= 15 is 0 Å². The molecule has 3 rings (SSSR count). The lowest BCUT2D eigenvalue weighted by atomic mass is 10.1. The van der Waals surface area contributed by atoms with Gasteiger partial charge in [-0.2, -0.15) is 0 Å². The van der Waals surface area contributed by atoms with Crippen molar-refractivity contribution in [1.29, 1.82) is 0 Å². The lowest BCUT2D eigenvalue weighted by Gasteiger charge is -1.95. The van der Waals surface area contributed by atoms with Crippen LogP contribution in [0.5, 0.6) is 0 Å². The van der Waals surface area contributed by atoms with E-state index in [2.05, 4.69) is 14.7 Å². The second-order valence-electron chi connectivity index (χ2n) is 3.88. The topological polar surface area (TPSA) is 65.2 Å². The van der Waals surface area contributed by atoms with E-state index in [1.54, 1.807) is 24.5 Å². The average molecular weight is 254 g/mol. The highest BCUT2D eigenvalue weighted by atomic mass is 16.5. The largest absolute Gasteiger partial charge is 0.466 e. The highest BCUT2D eigenvalue weighted by Gasteiger charge is 2.10. The fourth-order valence-corrected chi connectivity index (χ4v) is 1.92. The Morgan fingerprint density at radius 3 is 3.05 bits per heavy atom. The number of hydrogen-bond acceptors (Lipinski definition) is 5. The molecule has 0 radical (unpaired) electrons. The van der Waals surface area contributed by atoms with E-state index in [1.165, 1.54) is 13.2 Å². The van der Waals surface area contributed by atoms with Crippen LogP contribution in [0.15, 0.2) is 41.1 Å². The SMILES string of the molecule is COC(=O)/C=C/c1nccc2oc3ncccc3c12. The van der Waals surface area contributed by atoms with Crippen LogP contribution in [0.1, 0.15) is 5.69 Å². The third-order valence-electron chi connectivity index (χ3n) is 2.77. The Hall–Kier alpha value is -2.69. The summed E-state index contributed by atoms with van der Waals surface area (Å²) in [6.07, 6.45) is 6.23. The molecule has 94 valence electrons. The molecule has 0 bridgehead atoms. The molecular formula is C14H10N2O3. The molecule has 0 spiro atoms. The number of pyridine rings is 2. The van der Waals surface area contributed by atoms with Crippen LogP contribution in [-0.2, 0) is 9.53 Å². The van der Waals surface area contributed by atoms with E-state index in [4.69, 9.17) is 4.42 Å². The fraction of sp³-hybridized carbons (Fsp3) is 0.0714. The maximum Gasteiger partial charge on any atom is 0.330 e. The van der Waals surface area contributed by atoms with Gasteiger partial charge in [-0.15, -0.1) is 0 Å². The summed E-state index contributed by atoms with van der Waals surface area (Å²) in [5.74, 6) is -0.426. The summed E-state index contributed by atoms with van der Waals surface area (Å²) in [5, 5.41) is 1.71. The lowest BCUT2D eigenvalue weighted by molar-refractivity contribution is -0.134. The van der Waals surface area contributed by atoms with E-state index in [0.29, 0.717) is 17.0 Å². The zero-order chi connectivity index (χ0) is 13.2. The zero-order valence-corrected chi connectivity index (χ0v) is 10.2. The molecule has 3 heterocycles. The second kappa shape index (κ2) is 4.53. The minimum Gasteiger partial charge on any atom is -0.466 e. The van der Waals surface area contributed by atoms with Gasteiger partial charge >= 0.3 is 5.97 Å². The molecule has 0 aromatic carbocycles. The Balaban J connectivity index is 2.24. The standard InChI is InChI=1S/C14H10N2O3/c1-18-12(17)5-4-10-13-9-3-2-7-16-14(9)19-11(13)6-8-15-10/h2-8H,1H3/b5-4+. The van der Waals surface area contributed by atoms with Gasteiger partial charge in [-0.1, -0.05) is 0 Å². The first-order chi connectivity index (χ1) is 9.29. The molecule has 0 aliphatic heterocycles. The third kappa shape index (κ3) is 1.95. The van der Waals surface area contributed by atoms with Gasteiger partial charge in [0.05, 0.1) is 23.6 Å². The number of hydrogen-bond donors (Lipinski definition) is 0. The molecule has 5 nitrogen and oxygen atoms in total. The Morgan fingerprint density at radius 2 is 2.21 bits per heavy atom. The van der Waals surface area contributed by atoms with Gasteiger partial charge in [0.2, 0.25) is 5.71 Å². The molecular weight excluding hydrogens is 244 g/mol. The van der Waals surface area contributed by atoms with Gasteiger partial charge in [0, 0.05) is 18.5 Å². The van der Waals surface area contributed by atoms with Crippen LogP contribution in [0.3, 0.4) is 0 Å². The van der Waals surface area contributed by atoms with Crippen molar-refractivity contribution in [2.24, 2.45) is 0 Å². The number of furan rings is 1. The van der Waals surface area contributed by atoms with Crippen molar-refractivity contribution in [3.05, 3.63) is 42.4 Å². The van der Waals surface area contributed by atoms with Gasteiger partial charge in [-0.25, -0.2) is 9.78 Å². The smallest absolute Gasteiger partial charge is 0.330 e. The highest BCUT2D eigenvalue weighted by Crippen LogP contribution is 2.29.